The molecule has 0 aromatic rings. The lowest BCUT2D eigenvalue weighted by molar-refractivity contribution is 0.213. The van der Waals surface area contributed by atoms with Crippen molar-refractivity contribution < 1.29 is 4.84 Å². The highest BCUT2D eigenvalue weighted by Crippen LogP contribution is 2.25. The average Bonchev–Trinajstić information content (AvgIpc) is 2.46. The van der Waals surface area contributed by atoms with Crippen LogP contribution >= 0.6 is 12.4 Å². The van der Waals surface area contributed by atoms with E-state index in [1.165, 1.54) is 25.1 Å². The van der Waals surface area contributed by atoms with Crippen LogP contribution in [0, 0.1) is 5.92 Å². The molecule has 0 aromatic heterocycles. The van der Waals surface area contributed by atoms with Crippen molar-refractivity contribution in [1.29, 1.82) is 0 Å². The van der Waals surface area contributed by atoms with Crippen LogP contribution in [0.4, 0.5) is 0 Å². The van der Waals surface area contributed by atoms with E-state index in [0.29, 0.717) is 0 Å². The van der Waals surface area contributed by atoms with Crippen LogP contribution in [-0.4, -0.2) is 37.4 Å². The van der Waals surface area contributed by atoms with Crippen LogP contribution < -0.4 is 0 Å². The first-order valence-electron chi connectivity index (χ1n) is 4.81. The maximum atomic E-state index is 4.78. The predicted octanol–water partition coefficient (Wildman–Crippen LogP) is 1.69. The molecule has 14 heavy (non-hydrogen) atoms. The van der Waals surface area contributed by atoms with Crippen molar-refractivity contribution in [2.75, 3.05) is 26.7 Å². The molecule has 0 spiro atoms. The van der Waals surface area contributed by atoms with E-state index in [2.05, 4.69) is 16.1 Å². The molecule has 2 aliphatic rings. The molecule has 2 aliphatic heterocycles. The average molecular weight is 217 g/mol. The zero-order valence-corrected chi connectivity index (χ0v) is 9.51. The van der Waals surface area contributed by atoms with Crippen LogP contribution in [0.3, 0.4) is 0 Å². The Labute approximate surface area is 91.2 Å². The first-order chi connectivity index (χ1) is 6.29. The minimum Gasteiger partial charge on any atom is -0.399 e. The molecule has 0 aromatic carbocycles. The van der Waals surface area contributed by atoms with Crippen LogP contribution in [0.2, 0.25) is 0 Å². The van der Waals surface area contributed by atoms with Crippen molar-refractivity contribution in [2.45, 2.75) is 13.3 Å². The molecule has 0 aliphatic carbocycles. The van der Waals surface area contributed by atoms with Gasteiger partial charge in [0.15, 0.2) is 0 Å². The molecule has 2 atom stereocenters. The zero-order chi connectivity index (χ0) is 9.26. The molecule has 3 nitrogen and oxygen atoms in total. The molecule has 0 radical (unpaired) electrons. The minimum absolute atomic E-state index is 0. The van der Waals surface area contributed by atoms with Gasteiger partial charge in [0.05, 0.1) is 5.71 Å². The highest BCUT2D eigenvalue weighted by Gasteiger charge is 2.27. The van der Waals surface area contributed by atoms with Gasteiger partial charge >= 0.3 is 0 Å². The van der Waals surface area contributed by atoms with Gasteiger partial charge in [-0.15, -0.1) is 12.4 Å². The van der Waals surface area contributed by atoms with Gasteiger partial charge in [0, 0.05) is 13.1 Å². The molecule has 1 fully saturated rings. The Hall–Kier alpha value is -0.540. The summed E-state index contributed by atoms with van der Waals surface area (Å²) in [6, 6.07) is 0. The highest BCUT2D eigenvalue weighted by atomic mass is 35.5. The van der Waals surface area contributed by atoms with E-state index in [-0.39, 0.29) is 12.4 Å². The third-order valence-corrected chi connectivity index (χ3v) is 2.83. The second kappa shape index (κ2) is 4.80. The van der Waals surface area contributed by atoms with Gasteiger partial charge in [-0.3, -0.25) is 4.90 Å². The Morgan fingerprint density at radius 3 is 3.07 bits per heavy atom. The van der Waals surface area contributed by atoms with Gasteiger partial charge in [0.25, 0.3) is 0 Å². The van der Waals surface area contributed by atoms with Gasteiger partial charge in [0.2, 0.25) is 0 Å². The number of oxime groups is 1. The van der Waals surface area contributed by atoms with Crippen molar-refractivity contribution in [1.82, 2.24) is 4.90 Å². The Bertz CT molecular complexity index is 263. The molecule has 0 N–H and O–H groups in total. The Morgan fingerprint density at radius 1 is 1.64 bits per heavy atom. The van der Waals surface area contributed by atoms with Crippen LogP contribution in [0.5, 0.6) is 0 Å². The van der Waals surface area contributed by atoms with Gasteiger partial charge in [-0.2, -0.15) is 0 Å². The Kier molecular flexibility index (Phi) is 3.96. The summed E-state index contributed by atoms with van der Waals surface area (Å²) in [7, 11) is 1.60. The summed E-state index contributed by atoms with van der Waals surface area (Å²) in [6.07, 6.45) is 3.67. The van der Waals surface area contributed by atoms with Crippen LogP contribution in [0.1, 0.15) is 13.3 Å². The summed E-state index contributed by atoms with van der Waals surface area (Å²) < 4.78 is 0. The first-order valence-corrected chi connectivity index (χ1v) is 4.81. The van der Waals surface area contributed by atoms with Crippen LogP contribution in [0.15, 0.2) is 16.8 Å². The third-order valence-electron chi connectivity index (χ3n) is 2.83. The summed E-state index contributed by atoms with van der Waals surface area (Å²) in [5.41, 5.74) is 2.37. The maximum absolute atomic E-state index is 4.78. The van der Waals surface area contributed by atoms with Crippen LogP contribution in [0.25, 0.3) is 0 Å². The SMILES string of the molecule is CON=C(C)C1=CC2CCN(C1)C2.Cl. The molecule has 2 bridgehead atoms. The molecule has 0 saturated carbocycles. The first kappa shape index (κ1) is 11.5. The summed E-state index contributed by atoms with van der Waals surface area (Å²) in [5.74, 6) is 0.755. The van der Waals surface area contributed by atoms with E-state index < -0.39 is 0 Å². The number of hydrogen-bond donors (Lipinski definition) is 0. The molecular formula is C10H17ClN2O. The Balaban J connectivity index is 0.000000980. The van der Waals surface area contributed by atoms with Crippen molar-refractivity contribution in [3.05, 3.63) is 11.6 Å². The zero-order valence-electron chi connectivity index (χ0n) is 8.69. The van der Waals surface area contributed by atoms with Gasteiger partial charge < -0.3 is 4.84 Å². The number of fused-ring (bicyclic) bond motifs is 2. The van der Waals surface area contributed by atoms with Crippen molar-refractivity contribution >= 4 is 18.1 Å². The lowest BCUT2D eigenvalue weighted by atomic mass is 10.0. The third kappa shape index (κ3) is 2.28. The topological polar surface area (TPSA) is 24.8 Å². The Morgan fingerprint density at radius 2 is 2.43 bits per heavy atom. The molecule has 80 valence electrons. The fraction of sp³-hybridized carbons (Fsp3) is 0.700. The largest absolute Gasteiger partial charge is 0.399 e. The maximum Gasteiger partial charge on any atom is 0.106 e. The molecule has 0 amide bonds. The van der Waals surface area contributed by atoms with Crippen molar-refractivity contribution in [3.8, 4) is 0 Å². The number of hydrogen-bond acceptors (Lipinski definition) is 3. The molecule has 2 rings (SSSR count). The predicted molar refractivity (Wildman–Crippen MR) is 60.0 cm³/mol. The fourth-order valence-corrected chi connectivity index (χ4v) is 2.15. The lowest BCUT2D eigenvalue weighted by Gasteiger charge is -2.22. The number of halogens is 1. The van der Waals surface area contributed by atoms with E-state index in [9.17, 15) is 0 Å². The fourth-order valence-electron chi connectivity index (χ4n) is 2.15. The summed E-state index contributed by atoms with van der Waals surface area (Å²) in [5, 5.41) is 3.97. The van der Waals surface area contributed by atoms with Crippen molar-refractivity contribution in [2.24, 2.45) is 11.1 Å². The monoisotopic (exact) mass is 216 g/mol. The molecule has 4 heteroatoms. The molecule has 1 saturated heterocycles. The molecular weight excluding hydrogens is 200 g/mol. The van der Waals surface area contributed by atoms with Gasteiger partial charge in [-0.05, 0) is 31.4 Å². The highest BCUT2D eigenvalue weighted by molar-refractivity contribution is 5.98. The van der Waals surface area contributed by atoms with Crippen LogP contribution in [-0.2, 0) is 4.84 Å². The lowest BCUT2D eigenvalue weighted by Crippen LogP contribution is -2.28. The quantitative estimate of drug-likeness (QED) is 0.519. The van der Waals surface area contributed by atoms with Gasteiger partial charge in [-0.1, -0.05) is 11.2 Å². The van der Waals surface area contributed by atoms with Gasteiger partial charge in [-0.25, -0.2) is 0 Å². The smallest absolute Gasteiger partial charge is 0.106 e. The molecule has 2 heterocycles. The number of rotatable bonds is 2. The second-order valence-electron chi connectivity index (χ2n) is 3.84. The minimum atomic E-state index is 0. The summed E-state index contributed by atoms with van der Waals surface area (Å²) in [6.45, 7) is 5.55. The number of nitrogens with zero attached hydrogens (tertiary/aromatic N) is 2. The second-order valence-corrected chi connectivity index (χ2v) is 3.84. The van der Waals surface area contributed by atoms with E-state index in [1.54, 1.807) is 7.11 Å². The van der Waals surface area contributed by atoms with Crippen molar-refractivity contribution in [3.63, 3.8) is 0 Å². The van der Waals surface area contributed by atoms with E-state index in [1.807, 2.05) is 6.92 Å². The van der Waals surface area contributed by atoms with E-state index in [4.69, 9.17) is 4.84 Å². The van der Waals surface area contributed by atoms with E-state index >= 15 is 0 Å². The van der Waals surface area contributed by atoms with E-state index in [0.717, 1.165) is 18.2 Å². The normalized spacial score (nSPS) is 30.7. The van der Waals surface area contributed by atoms with Gasteiger partial charge in [0.1, 0.15) is 7.11 Å². The molecule has 2 unspecified atom stereocenters. The summed E-state index contributed by atoms with van der Waals surface area (Å²) in [4.78, 5) is 7.26. The standard InChI is InChI=1S/C10H16N2O.ClH/c1-8(11-13-2)10-5-9-3-4-12(6-9)7-10;/h5,9H,3-4,6-7H2,1-2H3;1H. The summed E-state index contributed by atoms with van der Waals surface area (Å²) >= 11 is 0.